The van der Waals surface area contributed by atoms with E-state index in [1.807, 2.05) is 54.6 Å². The Labute approximate surface area is 142 Å². The molecule has 2 nitrogen and oxygen atoms in total. The first-order valence-corrected chi connectivity index (χ1v) is 9.95. The molecule has 0 spiro atoms. The molecule has 0 aliphatic carbocycles. The molecule has 1 aliphatic rings. The van der Waals surface area contributed by atoms with Gasteiger partial charge in [-0.1, -0.05) is 60.7 Å². The predicted molar refractivity (Wildman–Crippen MR) is 100 cm³/mol. The second kappa shape index (κ2) is 5.65. The zero-order valence-electron chi connectivity index (χ0n) is 13.8. The summed E-state index contributed by atoms with van der Waals surface area (Å²) in [5, 5.41) is 1.86. The average Bonchev–Trinajstić information content (AvgIpc) is 2.61. The van der Waals surface area contributed by atoms with Crippen LogP contribution in [-0.4, -0.2) is 7.11 Å². The van der Waals surface area contributed by atoms with E-state index in [2.05, 4.69) is 19.1 Å². The van der Waals surface area contributed by atoms with Crippen LogP contribution in [0.2, 0.25) is 0 Å². The summed E-state index contributed by atoms with van der Waals surface area (Å²) in [4.78, 5) is 0. The van der Waals surface area contributed by atoms with Gasteiger partial charge in [0, 0.05) is 22.3 Å². The predicted octanol–water partition coefficient (Wildman–Crippen LogP) is 4.50. The van der Waals surface area contributed by atoms with Crippen LogP contribution in [-0.2, 0) is 10.7 Å². The van der Waals surface area contributed by atoms with Gasteiger partial charge in [-0.15, -0.1) is 0 Å². The van der Waals surface area contributed by atoms with Crippen molar-refractivity contribution < 1.29 is 9.30 Å². The monoisotopic (exact) mass is 334 g/mol. The van der Waals surface area contributed by atoms with Gasteiger partial charge in [-0.3, -0.25) is 0 Å². The SMILES string of the molecule is COc1cc(C)cc2c1-c1ccccc1P(=O)(c1ccccc1)C2. The molecule has 4 rings (SSSR count). The van der Waals surface area contributed by atoms with Crippen LogP contribution < -0.4 is 15.3 Å². The lowest BCUT2D eigenvalue weighted by molar-refractivity contribution is 0.416. The van der Waals surface area contributed by atoms with Crippen molar-refractivity contribution >= 4 is 17.8 Å². The van der Waals surface area contributed by atoms with Crippen LogP contribution in [0.1, 0.15) is 11.1 Å². The molecule has 0 bridgehead atoms. The summed E-state index contributed by atoms with van der Waals surface area (Å²) in [5.41, 5.74) is 4.35. The standard InChI is InChI=1S/C21H19O2P/c1-15-12-16-14-24(22,17-8-4-3-5-9-17)20-11-7-6-10-18(20)21(16)19(13-15)23-2/h3-13H,14H2,1-2H3. The number of benzene rings is 3. The highest BCUT2D eigenvalue weighted by molar-refractivity contribution is 7.78. The van der Waals surface area contributed by atoms with Gasteiger partial charge in [0.15, 0.2) is 0 Å². The molecule has 0 radical (unpaired) electrons. The summed E-state index contributed by atoms with van der Waals surface area (Å²) in [5.74, 6) is 0.858. The van der Waals surface area contributed by atoms with Crippen LogP contribution in [0.3, 0.4) is 0 Å². The van der Waals surface area contributed by atoms with Crippen LogP contribution in [0.4, 0.5) is 0 Å². The molecule has 24 heavy (non-hydrogen) atoms. The smallest absolute Gasteiger partial charge is 0.148 e. The summed E-state index contributed by atoms with van der Waals surface area (Å²) in [6.07, 6.45) is 0.543. The van der Waals surface area contributed by atoms with Gasteiger partial charge in [0.2, 0.25) is 0 Å². The molecule has 3 aromatic rings. The van der Waals surface area contributed by atoms with E-state index < -0.39 is 7.14 Å². The topological polar surface area (TPSA) is 26.3 Å². The van der Waals surface area contributed by atoms with Gasteiger partial charge in [0.25, 0.3) is 0 Å². The van der Waals surface area contributed by atoms with E-state index in [4.69, 9.17) is 4.74 Å². The first-order valence-electron chi connectivity index (χ1n) is 8.05. The molecule has 0 N–H and O–H groups in total. The third-order valence-electron chi connectivity index (χ3n) is 4.68. The lowest BCUT2D eigenvalue weighted by Gasteiger charge is -2.30. The van der Waals surface area contributed by atoms with E-state index in [1.165, 1.54) is 0 Å². The maximum Gasteiger partial charge on any atom is 0.148 e. The lowest BCUT2D eigenvalue weighted by Crippen LogP contribution is -2.23. The van der Waals surface area contributed by atoms with E-state index >= 15 is 0 Å². The fraction of sp³-hybridized carbons (Fsp3) is 0.143. The third kappa shape index (κ3) is 2.22. The quantitative estimate of drug-likeness (QED) is 0.645. The lowest BCUT2D eigenvalue weighted by atomic mass is 9.97. The molecule has 0 fully saturated rings. The van der Waals surface area contributed by atoms with Crippen LogP contribution >= 0.6 is 7.14 Å². The molecule has 0 saturated heterocycles. The van der Waals surface area contributed by atoms with Gasteiger partial charge in [-0.05, 0) is 29.7 Å². The van der Waals surface area contributed by atoms with E-state index in [0.29, 0.717) is 6.16 Å². The Morgan fingerprint density at radius 2 is 1.67 bits per heavy atom. The minimum atomic E-state index is -2.69. The van der Waals surface area contributed by atoms with Crippen molar-refractivity contribution in [3.8, 4) is 16.9 Å². The van der Waals surface area contributed by atoms with Gasteiger partial charge in [0.05, 0.1) is 7.11 Å². The van der Waals surface area contributed by atoms with Crippen molar-refractivity contribution in [2.24, 2.45) is 0 Å². The number of hydrogen-bond acceptors (Lipinski definition) is 2. The number of ether oxygens (including phenoxy) is 1. The third-order valence-corrected chi connectivity index (χ3v) is 7.76. The Morgan fingerprint density at radius 1 is 0.958 bits per heavy atom. The van der Waals surface area contributed by atoms with Gasteiger partial charge in [-0.25, -0.2) is 0 Å². The Morgan fingerprint density at radius 3 is 2.42 bits per heavy atom. The molecule has 1 heterocycles. The largest absolute Gasteiger partial charge is 0.496 e. The molecule has 3 aromatic carbocycles. The Hall–Kier alpha value is -2.31. The van der Waals surface area contributed by atoms with Gasteiger partial charge >= 0.3 is 0 Å². The number of aryl methyl sites for hydroxylation is 1. The van der Waals surface area contributed by atoms with Crippen molar-refractivity contribution in [2.75, 3.05) is 7.11 Å². The minimum Gasteiger partial charge on any atom is -0.496 e. The van der Waals surface area contributed by atoms with E-state index in [9.17, 15) is 4.57 Å². The zero-order chi connectivity index (χ0) is 16.7. The Kier molecular flexibility index (Phi) is 3.58. The molecule has 1 unspecified atom stereocenters. The van der Waals surface area contributed by atoms with Crippen LogP contribution in [0.5, 0.6) is 5.75 Å². The normalized spacial score (nSPS) is 18.6. The molecular weight excluding hydrogens is 315 g/mol. The summed E-state index contributed by atoms with van der Waals surface area (Å²) in [7, 11) is -0.996. The van der Waals surface area contributed by atoms with Gasteiger partial charge in [-0.2, -0.15) is 0 Å². The summed E-state index contributed by atoms with van der Waals surface area (Å²) >= 11 is 0. The molecule has 0 amide bonds. The minimum absolute atomic E-state index is 0.543. The molecule has 1 atom stereocenters. The number of fused-ring (bicyclic) bond motifs is 3. The van der Waals surface area contributed by atoms with Crippen molar-refractivity contribution in [1.82, 2.24) is 0 Å². The van der Waals surface area contributed by atoms with Crippen LogP contribution in [0, 0.1) is 6.92 Å². The maximum absolute atomic E-state index is 14.1. The van der Waals surface area contributed by atoms with E-state index in [-0.39, 0.29) is 0 Å². The first kappa shape index (κ1) is 15.2. The highest BCUT2D eigenvalue weighted by Crippen LogP contribution is 2.55. The van der Waals surface area contributed by atoms with Gasteiger partial charge < -0.3 is 9.30 Å². The summed E-state index contributed by atoms with van der Waals surface area (Å²) in [6.45, 7) is 2.05. The zero-order valence-corrected chi connectivity index (χ0v) is 14.7. The maximum atomic E-state index is 14.1. The Bertz CT molecular complexity index is 961. The number of methoxy groups -OCH3 is 1. The average molecular weight is 334 g/mol. The van der Waals surface area contributed by atoms with Crippen LogP contribution in [0.25, 0.3) is 11.1 Å². The number of hydrogen-bond donors (Lipinski definition) is 0. The second-order valence-electron chi connectivity index (χ2n) is 6.25. The highest BCUT2D eigenvalue weighted by atomic mass is 31.2. The molecule has 0 aromatic heterocycles. The first-order chi connectivity index (χ1) is 11.6. The summed E-state index contributed by atoms with van der Waals surface area (Å²) in [6, 6.07) is 22.1. The second-order valence-corrected chi connectivity index (χ2v) is 9.05. The highest BCUT2D eigenvalue weighted by Gasteiger charge is 2.36. The Balaban J connectivity index is 2.05. The fourth-order valence-electron chi connectivity index (χ4n) is 3.64. The van der Waals surface area contributed by atoms with Crippen molar-refractivity contribution in [3.05, 3.63) is 77.9 Å². The molecule has 3 heteroatoms. The molecular formula is C21H19O2P. The van der Waals surface area contributed by atoms with E-state index in [1.54, 1.807) is 7.11 Å². The van der Waals surface area contributed by atoms with Crippen molar-refractivity contribution in [2.45, 2.75) is 13.1 Å². The van der Waals surface area contributed by atoms with Crippen LogP contribution in [0.15, 0.2) is 66.7 Å². The summed E-state index contributed by atoms with van der Waals surface area (Å²) < 4.78 is 19.7. The molecule has 1 aliphatic heterocycles. The molecule has 0 saturated carbocycles. The molecule has 120 valence electrons. The number of rotatable bonds is 2. The fourth-order valence-corrected chi connectivity index (χ4v) is 6.56. The van der Waals surface area contributed by atoms with E-state index in [0.717, 1.165) is 38.6 Å². The van der Waals surface area contributed by atoms with Crippen molar-refractivity contribution in [1.29, 1.82) is 0 Å². The van der Waals surface area contributed by atoms with Crippen molar-refractivity contribution in [3.63, 3.8) is 0 Å². The van der Waals surface area contributed by atoms with Gasteiger partial charge in [0.1, 0.15) is 12.9 Å².